The Morgan fingerprint density at radius 1 is 1.24 bits per heavy atom. The first-order valence-electron chi connectivity index (χ1n) is 5.61. The Kier molecular flexibility index (Phi) is 11.0. The third kappa shape index (κ3) is 7.82. The van der Waals surface area contributed by atoms with Crippen molar-refractivity contribution < 1.29 is 4.79 Å². The summed E-state index contributed by atoms with van der Waals surface area (Å²) in [5, 5.41) is 0. The van der Waals surface area contributed by atoms with E-state index in [1.807, 2.05) is 18.7 Å². The molecule has 0 aromatic heterocycles. The number of primary amides is 1. The van der Waals surface area contributed by atoms with Gasteiger partial charge in [-0.25, -0.2) is 0 Å². The number of rotatable bonds is 8. The van der Waals surface area contributed by atoms with Crippen molar-refractivity contribution in [1.29, 1.82) is 0 Å². The summed E-state index contributed by atoms with van der Waals surface area (Å²) >= 11 is 0. The van der Waals surface area contributed by atoms with E-state index in [0.717, 1.165) is 19.5 Å². The Bertz CT molecular complexity index is 239. The molecule has 17 heavy (non-hydrogen) atoms. The molecular weight excluding hydrogens is 242 g/mol. The highest BCUT2D eigenvalue weighted by molar-refractivity contribution is 5.85. The van der Waals surface area contributed by atoms with Crippen LogP contribution in [0.1, 0.15) is 26.7 Å². The molecule has 0 aliphatic heterocycles. The monoisotopic (exact) mass is 265 g/mol. The maximum atomic E-state index is 11.3. The maximum Gasteiger partial charge on any atom is 0.234 e. The molecular formula is C10H24ClN5O. The summed E-state index contributed by atoms with van der Waals surface area (Å²) in [5.41, 5.74) is 15.8. The number of guanidine groups is 1. The highest BCUT2D eigenvalue weighted by Crippen LogP contribution is 2.06. The van der Waals surface area contributed by atoms with E-state index in [1.54, 1.807) is 0 Å². The van der Waals surface area contributed by atoms with Gasteiger partial charge in [0.05, 0.1) is 6.04 Å². The molecule has 0 spiro atoms. The van der Waals surface area contributed by atoms with E-state index >= 15 is 0 Å². The quantitative estimate of drug-likeness (QED) is 0.317. The average molecular weight is 266 g/mol. The minimum absolute atomic E-state index is 0. The lowest BCUT2D eigenvalue weighted by molar-refractivity contribution is -0.123. The Balaban J connectivity index is 0. The number of halogens is 1. The van der Waals surface area contributed by atoms with Gasteiger partial charge in [0.15, 0.2) is 5.96 Å². The molecule has 102 valence electrons. The van der Waals surface area contributed by atoms with Crippen LogP contribution in [0.5, 0.6) is 0 Å². The van der Waals surface area contributed by atoms with E-state index in [-0.39, 0.29) is 30.3 Å². The Morgan fingerprint density at radius 2 is 1.76 bits per heavy atom. The molecule has 0 aliphatic carbocycles. The lowest BCUT2D eigenvalue weighted by atomic mass is 10.1. The number of aliphatic imine (C=N–C) groups is 1. The second-order valence-corrected chi connectivity index (χ2v) is 3.59. The fourth-order valence-corrected chi connectivity index (χ4v) is 1.66. The van der Waals surface area contributed by atoms with Crippen LogP contribution >= 0.6 is 12.4 Å². The minimum atomic E-state index is -0.284. The van der Waals surface area contributed by atoms with Crippen molar-refractivity contribution in [2.45, 2.75) is 32.7 Å². The van der Waals surface area contributed by atoms with Gasteiger partial charge >= 0.3 is 0 Å². The predicted molar refractivity (Wildman–Crippen MR) is 73.1 cm³/mol. The highest BCUT2D eigenvalue weighted by atomic mass is 35.5. The van der Waals surface area contributed by atoms with Gasteiger partial charge in [-0.1, -0.05) is 13.8 Å². The summed E-state index contributed by atoms with van der Waals surface area (Å²) in [7, 11) is 0. The van der Waals surface area contributed by atoms with Crippen LogP contribution in [0.3, 0.4) is 0 Å². The molecule has 7 heteroatoms. The number of nitrogens with zero attached hydrogens (tertiary/aromatic N) is 2. The van der Waals surface area contributed by atoms with Crippen LogP contribution in [-0.2, 0) is 4.79 Å². The molecule has 0 saturated carbocycles. The zero-order chi connectivity index (χ0) is 12.6. The highest BCUT2D eigenvalue weighted by Gasteiger charge is 2.20. The van der Waals surface area contributed by atoms with Gasteiger partial charge in [0.1, 0.15) is 0 Å². The molecule has 6 N–H and O–H groups in total. The standard InChI is InChI=1S/C10H23N5O.ClH/c1-3-15(4-2)8(9(11)16)6-5-7-14-10(12)13;/h8H,3-7H2,1-2H3,(H2,11,16)(H4,12,13,14);1H/t8-;/m0./s1. The van der Waals surface area contributed by atoms with Crippen molar-refractivity contribution in [3.05, 3.63) is 0 Å². The molecule has 0 radical (unpaired) electrons. The molecule has 0 bridgehead atoms. The molecule has 0 unspecified atom stereocenters. The Morgan fingerprint density at radius 3 is 2.12 bits per heavy atom. The van der Waals surface area contributed by atoms with E-state index < -0.39 is 0 Å². The van der Waals surface area contributed by atoms with Crippen molar-refractivity contribution in [2.75, 3.05) is 19.6 Å². The van der Waals surface area contributed by atoms with Gasteiger partial charge in [0, 0.05) is 6.54 Å². The summed E-state index contributed by atoms with van der Waals surface area (Å²) in [4.78, 5) is 17.2. The number of hydrogen-bond donors (Lipinski definition) is 3. The largest absolute Gasteiger partial charge is 0.370 e. The van der Waals surface area contributed by atoms with Gasteiger partial charge in [0.25, 0.3) is 0 Å². The summed E-state index contributed by atoms with van der Waals surface area (Å²) in [6, 6.07) is -0.218. The van der Waals surface area contributed by atoms with Crippen LogP contribution < -0.4 is 17.2 Å². The molecule has 0 heterocycles. The van der Waals surface area contributed by atoms with E-state index in [9.17, 15) is 4.79 Å². The Hall–Kier alpha value is -1.01. The SMILES string of the molecule is CCN(CC)[C@@H](CCCN=C(N)N)C(N)=O.Cl. The van der Waals surface area contributed by atoms with Crippen LogP contribution in [0, 0.1) is 0 Å². The van der Waals surface area contributed by atoms with Gasteiger partial charge in [-0.2, -0.15) is 0 Å². The molecule has 1 amide bonds. The average Bonchev–Trinajstić information content (AvgIpc) is 2.22. The van der Waals surface area contributed by atoms with Gasteiger partial charge in [-0.15, -0.1) is 12.4 Å². The van der Waals surface area contributed by atoms with Crippen LogP contribution in [0.4, 0.5) is 0 Å². The molecule has 0 rings (SSSR count). The molecule has 1 atom stereocenters. The first kappa shape index (κ1) is 18.4. The lowest BCUT2D eigenvalue weighted by Crippen LogP contribution is -2.44. The molecule has 0 fully saturated rings. The normalized spacial score (nSPS) is 11.7. The smallest absolute Gasteiger partial charge is 0.234 e. The van der Waals surface area contributed by atoms with Crippen molar-refractivity contribution in [3.8, 4) is 0 Å². The number of likely N-dealkylation sites (N-methyl/N-ethyl adjacent to an activating group) is 1. The fourth-order valence-electron chi connectivity index (χ4n) is 1.66. The van der Waals surface area contributed by atoms with E-state index in [0.29, 0.717) is 13.0 Å². The zero-order valence-corrected chi connectivity index (χ0v) is 11.4. The van der Waals surface area contributed by atoms with Crippen molar-refractivity contribution in [2.24, 2.45) is 22.2 Å². The summed E-state index contributed by atoms with van der Waals surface area (Å²) in [6.07, 6.45) is 1.44. The molecule has 0 aromatic rings. The van der Waals surface area contributed by atoms with Crippen LogP contribution in [0.15, 0.2) is 4.99 Å². The molecule has 0 aliphatic rings. The fraction of sp³-hybridized carbons (Fsp3) is 0.800. The first-order chi connectivity index (χ1) is 7.52. The third-order valence-electron chi connectivity index (χ3n) is 2.51. The number of nitrogens with two attached hydrogens (primary N) is 3. The summed E-state index contributed by atoms with van der Waals surface area (Å²) < 4.78 is 0. The van der Waals surface area contributed by atoms with Gasteiger partial charge in [-0.3, -0.25) is 14.7 Å². The van der Waals surface area contributed by atoms with Gasteiger partial charge in [0.2, 0.25) is 5.91 Å². The van der Waals surface area contributed by atoms with Crippen molar-refractivity contribution in [1.82, 2.24) is 4.90 Å². The minimum Gasteiger partial charge on any atom is -0.370 e. The Labute approximate surface area is 109 Å². The molecule has 0 saturated heterocycles. The summed E-state index contributed by atoms with van der Waals surface area (Å²) in [5.74, 6) is -0.202. The van der Waals surface area contributed by atoms with E-state index in [1.165, 1.54) is 0 Å². The predicted octanol–water partition coefficient (Wildman–Crippen LogP) is -0.342. The summed E-state index contributed by atoms with van der Waals surface area (Å²) in [6.45, 7) is 6.18. The number of hydrogen-bond acceptors (Lipinski definition) is 3. The second-order valence-electron chi connectivity index (χ2n) is 3.59. The van der Waals surface area contributed by atoms with Crippen molar-refractivity contribution in [3.63, 3.8) is 0 Å². The van der Waals surface area contributed by atoms with E-state index in [2.05, 4.69) is 4.99 Å². The molecule has 6 nitrogen and oxygen atoms in total. The number of carbonyl (C=O) groups is 1. The third-order valence-corrected chi connectivity index (χ3v) is 2.51. The van der Waals surface area contributed by atoms with E-state index in [4.69, 9.17) is 17.2 Å². The maximum absolute atomic E-state index is 11.3. The number of carbonyl (C=O) groups excluding carboxylic acids is 1. The lowest BCUT2D eigenvalue weighted by Gasteiger charge is -2.26. The van der Waals surface area contributed by atoms with Crippen LogP contribution in [0.2, 0.25) is 0 Å². The molecule has 0 aromatic carbocycles. The number of amides is 1. The van der Waals surface area contributed by atoms with Crippen LogP contribution in [-0.4, -0.2) is 42.4 Å². The topological polar surface area (TPSA) is 111 Å². The second kappa shape index (κ2) is 10.2. The first-order valence-corrected chi connectivity index (χ1v) is 5.61. The zero-order valence-electron chi connectivity index (χ0n) is 10.6. The van der Waals surface area contributed by atoms with Crippen LogP contribution in [0.25, 0.3) is 0 Å². The van der Waals surface area contributed by atoms with Gasteiger partial charge in [-0.05, 0) is 25.9 Å². The van der Waals surface area contributed by atoms with Gasteiger partial charge < -0.3 is 17.2 Å². The van der Waals surface area contributed by atoms with Crippen molar-refractivity contribution >= 4 is 24.3 Å².